The molecule has 2 heterocycles. The van der Waals surface area contributed by atoms with Gasteiger partial charge < -0.3 is 37.9 Å². The third-order valence-electron chi connectivity index (χ3n) is 9.17. The van der Waals surface area contributed by atoms with Gasteiger partial charge in [-0.15, -0.1) is 0 Å². The number of esters is 2. The normalized spacial score (nSPS) is 27.2. The highest BCUT2D eigenvalue weighted by Crippen LogP contribution is 2.37. The largest absolute Gasteiger partial charge is 0.467 e. The lowest BCUT2D eigenvalue weighted by atomic mass is 9.89. The quantitative estimate of drug-likeness (QED) is 0.0711. The van der Waals surface area contributed by atoms with E-state index in [1.807, 2.05) is 98.8 Å². The Labute approximate surface area is 304 Å². The molecule has 0 spiro atoms. The summed E-state index contributed by atoms with van der Waals surface area (Å²) in [5, 5.41) is 3.62. The molecule has 0 aliphatic carbocycles. The van der Waals surface area contributed by atoms with Gasteiger partial charge in [0, 0.05) is 24.3 Å². The van der Waals surface area contributed by atoms with E-state index in [4.69, 9.17) is 43.4 Å². The van der Waals surface area contributed by atoms with Crippen LogP contribution in [0.1, 0.15) is 43.9 Å². The van der Waals surface area contributed by atoms with Crippen LogP contribution in [0.4, 0.5) is 0 Å². The van der Waals surface area contributed by atoms with Crippen molar-refractivity contribution in [1.29, 1.82) is 0 Å². The van der Waals surface area contributed by atoms with Crippen molar-refractivity contribution < 1.29 is 47.5 Å². The molecule has 2 fully saturated rings. The molecule has 3 aromatic carbocycles. The van der Waals surface area contributed by atoms with Gasteiger partial charge in [-0.3, -0.25) is 4.79 Å². The van der Waals surface area contributed by atoms with E-state index in [9.17, 15) is 9.59 Å². The number of rotatable bonds is 16. The van der Waals surface area contributed by atoms with Gasteiger partial charge in [0.25, 0.3) is 0 Å². The molecule has 9 atom stereocenters. The van der Waals surface area contributed by atoms with Gasteiger partial charge >= 0.3 is 11.9 Å². The molecule has 2 aliphatic rings. The Hall–Kier alpha value is -4.49. The van der Waals surface area contributed by atoms with Crippen molar-refractivity contribution in [2.75, 3.05) is 20.3 Å². The number of methoxy groups -OCH3 is 1. The minimum atomic E-state index is -1.13. The second-order valence-corrected chi connectivity index (χ2v) is 13.0. The summed E-state index contributed by atoms with van der Waals surface area (Å²) in [5.74, 6) is -1.18. The second-order valence-electron chi connectivity index (χ2n) is 13.0. The highest BCUT2D eigenvalue weighted by Gasteiger charge is 2.51. The van der Waals surface area contributed by atoms with Crippen LogP contribution in [0.3, 0.4) is 0 Å². The summed E-state index contributed by atoms with van der Waals surface area (Å²) in [7, 11) is 1.30. The molecule has 0 radical (unpaired) electrons. The van der Waals surface area contributed by atoms with Gasteiger partial charge in [-0.2, -0.15) is 0 Å². The van der Waals surface area contributed by atoms with E-state index in [-0.39, 0.29) is 25.0 Å². The van der Waals surface area contributed by atoms with Crippen molar-refractivity contribution in [3.63, 3.8) is 0 Å². The monoisotopic (exact) mass is 717 g/mol. The maximum absolute atomic E-state index is 12.8. The van der Waals surface area contributed by atoms with E-state index in [0.717, 1.165) is 16.7 Å². The van der Waals surface area contributed by atoms with Crippen molar-refractivity contribution in [3.05, 3.63) is 112 Å². The van der Waals surface area contributed by atoms with Crippen LogP contribution in [0.2, 0.25) is 0 Å². The van der Waals surface area contributed by atoms with Crippen molar-refractivity contribution in [2.45, 2.75) is 89.9 Å². The predicted octanol–water partition coefficient (Wildman–Crippen LogP) is 6.32. The second kappa shape index (κ2) is 19.4. The molecule has 2 saturated heterocycles. The molecule has 0 amide bonds. The van der Waals surface area contributed by atoms with Crippen LogP contribution < -0.4 is 4.74 Å². The smallest absolute Gasteiger partial charge is 0.335 e. The van der Waals surface area contributed by atoms with Gasteiger partial charge in [0.15, 0.2) is 18.5 Å². The third kappa shape index (κ3) is 10.8. The van der Waals surface area contributed by atoms with Gasteiger partial charge in [0.1, 0.15) is 11.9 Å². The number of benzene rings is 3. The summed E-state index contributed by atoms with van der Waals surface area (Å²) in [4.78, 5) is 27.8. The maximum Gasteiger partial charge on any atom is 0.335 e. The molecule has 0 bridgehead atoms. The van der Waals surface area contributed by atoms with Gasteiger partial charge in [-0.05, 0) is 53.1 Å². The molecular formula is C39H47N3O10. The fourth-order valence-electron chi connectivity index (χ4n) is 6.39. The Bertz CT molecular complexity index is 1610. The zero-order chi connectivity index (χ0) is 36.9. The molecule has 2 aliphatic heterocycles. The van der Waals surface area contributed by atoms with E-state index >= 15 is 0 Å². The number of hydrogen-bond acceptors (Lipinski definition) is 11. The first-order valence-electron chi connectivity index (χ1n) is 17.5. The van der Waals surface area contributed by atoms with E-state index in [1.54, 1.807) is 0 Å². The maximum atomic E-state index is 12.8. The van der Waals surface area contributed by atoms with Crippen LogP contribution in [0.25, 0.3) is 10.4 Å². The van der Waals surface area contributed by atoms with Crippen LogP contribution in [0.5, 0.6) is 5.75 Å². The summed E-state index contributed by atoms with van der Waals surface area (Å²) >= 11 is 0. The first kappa shape index (κ1) is 38.7. The van der Waals surface area contributed by atoms with Crippen molar-refractivity contribution in [3.8, 4) is 5.75 Å². The standard InChI is InChI=1S/C39H47N3O10/c1-25-21-32(48-27(3)43)38(51-34(25)37(44)45-4)52-35-26(2)33(24-46-22-29-11-7-5-8-12-29)50-39(36(35)47-23-30-13-9-6-10-14-30)49-31-17-15-28(16-18-31)19-20-41-42-40/h5-18,25-26,32-36,38-39H,19-24H2,1-4H3/t25-,26-,32?,33?,34?,35-,36?,38-,39+/m0/s1. The Morgan fingerprint density at radius 1 is 0.865 bits per heavy atom. The molecule has 52 heavy (non-hydrogen) atoms. The van der Waals surface area contributed by atoms with Crippen molar-refractivity contribution in [2.24, 2.45) is 17.0 Å². The summed E-state index contributed by atoms with van der Waals surface area (Å²) in [6, 6.07) is 27.0. The highest BCUT2D eigenvalue weighted by atomic mass is 16.7. The molecule has 0 aromatic heterocycles. The van der Waals surface area contributed by atoms with Gasteiger partial charge in [0.05, 0.1) is 39.1 Å². The fraction of sp³-hybridized carbons (Fsp3) is 0.487. The van der Waals surface area contributed by atoms with Crippen LogP contribution in [-0.4, -0.2) is 75.3 Å². The van der Waals surface area contributed by atoms with Crippen LogP contribution >= 0.6 is 0 Å². The van der Waals surface area contributed by atoms with Gasteiger partial charge in [-0.1, -0.05) is 91.8 Å². The van der Waals surface area contributed by atoms with E-state index < -0.39 is 55.0 Å². The Morgan fingerprint density at radius 2 is 1.54 bits per heavy atom. The minimum Gasteiger partial charge on any atom is -0.467 e. The fourth-order valence-corrected chi connectivity index (χ4v) is 6.39. The predicted molar refractivity (Wildman–Crippen MR) is 189 cm³/mol. The first-order chi connectivity index (χ1) is 25.2. The number of carbonyl (C=O) groups excluding carboxylic acids is 2. The Kier molecular flexibility index (Phi) is 14.4. The van der Waals surface area contributed by atoms with Crippen molar-refractivity contribution >= 4 is 11.9 Å². The molecule has 5 rings (SSSR count). The lowest BCUT2D eigenvalue weighted by molar-refractivity contribution is -0.333. The molecule has 0 N–H and O–H groups in total. The van der Waals surface area contributed by atoms with Gasteiger partial charge in [-0.25, -0.2) is 4.79 Å². The number of carbonyl (C=O) groups is 2. The average molecular weight is 718 g/mol. The number of ether oxygens (including phenoxy) is 8. The Morgan fingerprint density at radius 3 is 2.17 bits per heavy atom. The first-order valence-corrected chi connectivity index (χ1v) is 17.5. The molecule has 0 saturated carbocycles. The number of nitrogens with zero attached hydrogens (tertiary/aromatic N) is 3. The minimum absolute atomic E-state index is 0.209. The molecule has 13 nitrogen and oxygen atoms in total. The highest BCUT2D eigenvalue weighted by molar-refractivity contribution is 5.75. The van der Waals surface area contributed by atoms with Crippen LogP contribution in [0, 0.1) is 11.8 Å². The van der Waals surface area contributed by atoms with E-state index in [1.165, 1.54) is 14.0 Å². The zero-order valence-corrected chi connectivity index (χ0v) is 29.9. The molecule has 4 unspecified atom stereocenters. The van der Waals surface area contributed by atoms with E-state index in [0.29, 0.717) is 31.7 Å². The molecule has 13 heteroatoms. The summed E-state index contributed by atoms with van der Waals surface area (Å²) < 4.78 is 49.7. The average Bonchev–Trinajstić information content (AvgIpc) is 3.15. The van der Waals surface area contributed by atoms with Crippen LogP contribution in [0.15, 0.2) is 90.0 Å². The summed E-state index contributed by atoms with van der Waals surface area (Å²) in [6.07, 6.45) is -5.03. The number of azide groups is 1. The lowest BCUT2D eigenvalue weighted by Gasteiger charge is -2.47. The number of hydrogen-bond donors (Lipinski definition) is 0. The summed E-state index contributed by atoms with van der Waals surface area (Å²) in [6.45, 7) is 6.27. The van der Waals surface area contributed by atoms with Crippen molar-refractivity contribution in [1.82, 2.24) is 0 Å². The third-order valence-corrected chi connectivity index (χ3v) is 9.17. The topological polar surface area (TPSA) is 157 Å². The molecule has 278 valence electrons. The lowest BCUT2D eigenvalue weighted by Crippen LogP contribution is -2.61. The van der Waals surface area contributed by atoms with Gasteiger partial charge in [0.2, 0.25) is 6.29 Å². The van der Waals surface area contributed by atoms with E-state index in [2.05, 4.69) is 10.0 Å². The van der Waals surface area contributed by atoms with Crippen LogP contribution in [-0.2, 0) is 62.4 Å². The molecule has 3 aromatic rings. The summed E-state index contributed by atoms with van der Waals surface area (Å²) in [5.41, 5.74) is 11.6. The SMILES string of the molecule is COC(=O)C1O[C@@H](O[C@@H]2C(OCc3ccccc3)[C@H](Oc3ccc(CCN=[N+]=[N-])cc3)OC(COCc3ccccc3)[C@@H]2C)C(OC(C)=O)C[C@@H]1C. The Balaban J connectivity index is 1.45. The zero-order valence-electron chi connectivity index (χ0n) is 29.9. The molecular weight excluding hydrogens is 670 g/mol.